The molecule has 1 aliphatic carbocycles. The van der Waals surface area contributed by atoms with Crippen molar-refractivity contribution in [3.8, 4) is 11.4 Å². The van der Waals surface area contributed by atoms with Gasteiger partial charge in [-0.3, -0.25) is 0 Å². The van der Waals surface area contributed by atoms with E-state index in [0.717, 1.165) is 53.5 Å². The Kier molecular flexibility index (Phi) is 5.78. The molecule has 0 bridgehead atoms. The van der Waals surface area contributed by atoms with Crippen LogP contribution in [0.3, 0.4) is 0 Å². The van der Waals surface area contributed by atoms with E-state index < -0.39 is 0 Å². The normalized spacial score (nSPS) is 21.2. The molecule has 0 radical (unpaired) electrons. The zero-order chi connectivity index (χ0) is 24.7. The summed E-state index contributed by atoms with van der Waals surface area (Å²) in [5.41, 5.74) is 5.61. The Bertz CT molecular complexity index is 1320. The van der Waals surface area contributed by atoms with Crippen LogP contribution >= 0.6 is 0 Å². The smallest absolute Gasteiger partial charge is 0.172 e. The number of amidine groups is 1. The molecule has 3 aromatic rings. The number of oxime groups is 1. The highest BCUT2D eigenvalue weighted by atomic mass is 19.1. The van der Waals surface area contributed by atoms with Crippen molar-refractivity contribution in [2.45, 2.75) is 45.6 Å². The van der Waals surface area contributed by atoms with Gasteiger partial charge in [-0.2, -0.15) is 0 Å². The highest BCUT2D eigenvalue weighted by Crippen LogP contribution is 2.55. The number of imidazole rings is 1. The van der Waals surface area contributed by atoms with Gasteiger partial charge in [0.25, 0.3) is 0 Å². The van der Waals surface area contributed by atoms with E-state index in [1.165, 1.54) is 30.5 Å². The minimum atomic E-state index is -0.225. The monoisotopic (exact) mass is 486 g/mol. The summed E-state index contributed by atoms with van der Waals surface area (Å²) in [5.74, 6) is 1.49. The molecule has 1 aromatic heterocycles. The number of fused-ring (bicyclic) bond motifs is 1. The fraction of sp³-hybridized carbons (Fsp3) is 0.379. The summed E-state index contributed by atoms with van der Waals surface area (Å²) < 4.78 is 21.6. The summed E-state index contributed by atoms with van der Waals surface area (Å²) in [6.45, 7) is 6.10. The Labute approximate surface area is 211 Å². The molecule has 6 rings (SSSR count). The van der Waals surface area contributed by atoms with Crippen LogP contribution in [0.5, 0.6) is 5.75 Å². The van der Waals surface area contributed by atoms with Gasteiger partial charge in [0.05, 0.1) is 30.4 Å². The quantitative estimate of drug-likeness (QED) is 0.434. The van der Waals surface area contributed by atoms with Gasteiger partial charge in [-0.25, -0.2) is 9.37 Å². The molecule has 2 aliphatic heterocycles. The number of halogens is 1. The zero-order valence-electron chi connectivity index (χ0n) is 20.8. The SMILES string of the molecule is CCOc1cc(C=C2CC3(CC3)CN3C2=NOCC3c2ccc(F)cc2)ccc1-n1cnc(CC)c1. The fourth-order valence-electron chi connectivity index (χ4n) is 5.36. The Morgan fingerprint density at radius 2 is 2.00 bits per heavy atom. The molecule has 2 aromatic carbocycles. The molecule has 1 unspecified atom stereocenters. The predicted molar refractivity (Wildman–Crippen MR) is 138 cm³/mol. The molecular formula is C29H31FN4O2. The molecule has 3 aliphatic rings. The summed E-state index contributed by atoms with van der Waals surface area (Å²) in [4.78, 5) is 12.6. The Hall–Kier alpha value is -3.61. The first-order chi connectivity index (χ1) is 17.6. The van der Waals surface area contributed by atoms with E-state index in [1.54, 1.807) is 0 Å². The van der Waals surface area contributed by atoms with Crippen LogP contribution in [0.25, 0.3) is 11.8 Å². The number of hydrogen-bond donors (Lipinski definition) is 0. The van der Waals surface area contributed by atoms with Crippen molar-refractivity contribution in [2.75, 3.05) is 19.8 Å². The van der Waals surface area contributed by atoms with Crippen LogP contribution in [-0.2, 0) is 11.3 Å². The maximum absolute atomic E-state index is 13.6. The second kappa shape index (κ2) is 9.12. The maximum Gasteiger partial charge on any atom is 0.172 e. The number of piperidine rings is 1. The minimum absolute atomic E-state index is 0.0228. The number of rotatable bonds is 6. The van der Waals surface area contributed by atoms with Crippen LogP contribution in [0.4, 0.5) is 4.39 Å². The van der Waals surface area contributed by atoms with E-state index in [2.05, 4.69) is 52.4 Å². The van der Waals surface area contributed by atoms with Crippen LogP contribution in [-0.4, -0.2) is 40.0 Å². The Morgan fingerprint density at radius 3 is 2.72 bits per heavy atom. The minimum Gasteiger partial charge on any atom is -0.492 e. The van der Waals surface area contributed by atoms with Crippen LogP contribution < -0.4 is 4.74 Å². The van der Waals surface area contributed by atoms with Gasteiger partial charge < -0.3 is 19.0 Å². The van der Waals surface area contributed by atoms with Gasteiger partial charge in [0.2, 0.25) is 0 Å². The Balaban J connectivity index is 1.35. The van der Waals surface area contributed by atoms with E-state index in [-0.39, 0.29) is 17.3 Å². The van der Waals surface area contributed by atoms with Gasteiger partial charge in [-0.15, -0.1) is 0 Å². The van der Waals surface area contributed by atoms with Gasteiger partial charge >= 0.3 is 0 Å². The third-order valence-corrected chi connectivity index (χ3v) is 7.50. The lowest BCUT2D eigenvalue weighted by Crippen LogP contribution is -2.48. The summed E-state index contributed by atoms with van der Waals surface area (Å²) in [7, 11) is 0. The van der Waals surface area contributed by atoms with E-state index in [9.17, 15) is 4.39 Å². The number of nitrogens with zero attached hydrogens (tertiary/aromatic N) is 4. The zero-order valence-corrected chi connectivity index (χ0v) is 20.8. The largest absolute Gasteiger partial charge is 0.492 e. The van der Waals surface area contributed by atoms with Crippen molar-refractivity contribution in [1.29, 1.82) is 0 Å². The summed E-state index contributed by atoms with van der Waals surface area (Å²) in [6.07, 6.45) is 10.4. The first kappa shape index (κ1) is 22.8. The second-order valence-electron chi connectivity index (χ2n) is 10.0. The third kappa shape index (κ3) is 4.27. The summed E-state index contributed by atoms with van der Waals surface area (Å²) in [6, 6.07) is 13.1. The van der Waals surface area contributed by atoms with Gasteiger partial charge in [0.1, 0.15) is 18.2 Å². The van der Waals surface area contributed by atoms with Crippen molar-refractivity contribution < 1.29 is 14.0 Å². The van der Waals surface area contributed by atoms with Crippen LogP contribution in [0.2, 0.25) is 0 Å². The van der Waals surface area contributed by atoms with Crippen LogP contribution in [0.15, 0.2) is 65.7 Å². The average molecular weight is 487 g/mol. The van der Waals surface area contributed by atoms with E-state index in [1.807, 2.05) is 30.0 Å². The molecule has 1 saturated heterocycles. The van der Waals surface area contributed by atoms with Crippen LogP contribution in [0.1, 0.15) is 56.0 Å². The maximum atomic E-state index is 13.6. The predicted octanol–water partition coefficient (Wildman–Crippen LogP) is 5.93. The van der Waals surface area contributed by atoms with Gasteiger partial charge in [-0.05, 0) is 85.1 Å². The molecule has 1 atom stereocenters. The molecule has 1 saturated carbocycles. The molecule has 2 fully saturated rings. The first-order valence-electron chi connectivity index (χ1n) is 12.8. The molecule has 186 valence electrons. The number of benzene rings is 2. The standard InChI is InChI=1S/C29H31FN4O2/c1-3-24-16-33(19-31-24)25-10-5-20(14-27(25)35-4-2)13-22-15-29(11-12-29)18-34-26(17-36-32-28(22)34)21-6-8-23(30)9-7-21/h5-10,13-14,16,19,26H,3-4,11-12,15,17-18H2,1-2H3. The second-order valence-corrected chi connectivity index (χ2v) is 10.0. The van der Waals surface area contributed by atoms with Crippen LogP contribution in [0, 0.1) is 11.2 Å². The molecule has 0 amide bonds. The number of aryl methyl sites for hydroxylation is 1. The van der Waals surface area contributed by atoms with Gasteiger partial charge in [-0.1, -0.05) is 30.3 Å². The fourth-order valence-corrected chi connectivity index (χ4v) is 5.36. The van der Waals surface area contributed by atoms with Crippen molar-refractivity contribution in [3.63, 3.8) is 0 Å². The van der Waals surface area contributed by atoms with Gasteiger partial charge in [0, 0.05) is 12.7 Å². The lowest BCUT2D eigenvalue weighted by molar-refractivity contribution is 0.0482. The lowest BCUT2D eigenvalue weighted by atomic mass is 9.87. The lowest BCUT2D eigenvalue weighted by Gasteiger charge is -2.43. The van der Waals surface area contributed by atoms with Crippen molar-refractivity contribution >= 4 is 11.9 Å². The molecule has 6 nitrogen and oxygen atoms in total. The number of hydrogen-bond acceptors (Lipinski definition) is 5. The molecule has 3 heterocycles. The molecule has 7 heteroatoms. The van der Waals surface area contributed by atoms with E-state index in [0.29, 0.717) is 13.2 Å². The topological polar surface area (TPSA) is 51.9 Å². The van der Waals surface area contributed by atoms with E-state index in [4.69, 9.17) is 9.57 Å². The molecule has 1 spiro atoms. The molecule has 36 heavy (non-hydrogen) atoms. The average Bonchev–Trinajstić information content (AvgIpc) is 3.45. The van der Waals surface area contributed by atoms with E-state index >= 15 is 0 Å². The summed E-state index contributed by atoms with van der Waals surface area (Å²) in [5, 5.41) is 4.51. The van der Waals surface area contributed by atoms with Crippen molar-refractivity contribution in [2.24, 2.45) is 10.6 Å². The first-order valence-corrected chi connectivity index (χ1v) is 12.8. The number of aromatic nitrogens is 2. The third-order valence-electron chi connectivity index (χ3n) is 7.50. The van der Waals surface area contributed by atoms with Crippen molar-refractivity contribution in [3.05, 3.63) is 83.2 Å². The highest BCUT2D eigenvalue weighted by Gasteiger charge is 2.51. The van der Waals surface area contributed by atoms with Gasteiger partial charge in [0.15, 0.2) is 5.84 Å². The highest BCUT2D eigenvalue weighted by molar-refractivity contribution is 6.03. The molecule has 0 N–H and O–H groups in total. The Morgan fingerprint density at radius 1 is 1.17 bits per heavy atom. The van der Waals surface area contributed by atoms with Crippen molar-refractivity contribution in [1.82, 2.24) is 14.5 Å². The number of ether oxygens (including phenoxy) is 1. The summed E-state index contributed by atoms with van der Waals surface area (Å²) >= 11 is 0. The molecular weight excluding hydrogens is 455 g/mol.